The van der Waals surface area contributed by atoms with E-state index >= 15 is 0 Å². The standard InChI is InChI=1S/C26H31N7O/c1-2-3-11-20-16-28-26(34)33(20)17-18-14-23(19-9-5-4-6-10-19)24(27-15-18)21-12-7-8-13-22(21)25-29-31-32-30-25/h7-8,12-16,19H,2-6,9-11,17H2,1H3,(H,28,34)(H,29,30,31,32). The number of aromatic amines is 2. The van der Waals surface area contributed by atoms with Crippen molar-refractivity contribution in [1.82, 2.24) is 35.2 Å². The molecule has 0 spiro atoms. The maximum absolute atomic E-state index is 12.5. The van der Waals surface area contributed by atoms with Gasteiger partial charge in [0.1, 0.15) is 0 Å². The van der Waals surface area contributed by atoms with Crippen LogP contribution in [0.15, 0.2) is 47.5 Å². The number of tetrazole rings is 1. The average molecular weight is 458 g/mol. The Kier molecular flexibility index (Phi) is 6.65. The summed E-state index contributed by atoms with van der Waals surface area (Å²) in [5.41, 5.74) is 6.21. The molecule has 2 N–H and O–H groups in total. The molecular weight excluding hydrogens is 426 g/mol. The van der Waals surface area contributed by atoms with Crippen LogP contribution < -0.4 is 5.69 Å². The van der Waals surface area contributed by atoms with E-state index in [4.69, 9.17) is 4.98 Å². The number of nitrogens with one attached hydrogen (secondary N) is 2. The number of pyridine rings is 1. The Hall–Kier alpha value is -3.55. The minimum atomic E-state index is -0.0585. The van der Waals surface area contributed by atoms with Gasteiger partial charge in [-0.2, -0.15) is 5.21 Å². The molecule has 0 unspecified atom stereocenters. The molecule has 3 aromatic heterocycles. The largest absolute Gasteiger partial charge is 0.326 e. The molecule has 8 nitrogen and oxygen atoms in total. The maximum Gasteiger partial charge on any atom is 0.326 e. The molecule has 0 radical (unpaired) electrons. The van der Waals surface area contributed by atoms with Crippen molar-refractivity contribution >= 4 is 0 Å². The van der Waals surface area contributed by atoms with E-state index in [0.717, 1.165) is 60.2 Å². The minimum absolute atomic E-state index is 0.0585. The molecule has 0 aliphatic heterocycles. The summed E-state index contributed by atoms with van der Waals surface area (Å²) in [6, 6.07) is 10.4. The third kappa shape index (κ3) is 4.58. The van der Waals surface area contributed by atoms with Crippen molar-refractivity contribution < 1.29 is 0 Å². The first-order valence-corrected chi connectivity index (χ1v) is 12.3. The summed E-state index contributed by atoms with van der Waals surface area (Å²) in [5, 5.41) is 14.7. The van der Waals surface area contributed by atoms with Crippen molar-refractivity contribution in [3.05, 3.63) is 70.0 Å². The van der Waals surface area contributed by atoms with Crippen molar-refractivity contribution in [1.29, 1.82) is 0 Å². The first kappa shape index (κ1) is 22.3. The first-order chi connectivity index (χ1) is 16.7. The van der Waals surface area contributed by atoms with E-state index in [2.05, 4.69) is 44.7 Å². The zero-order chi connectivity index (χ0) is 23.3. The van der Waals surface area contributed by atoms with E-state index in [1.54, 1.807) is 0 Å². The minimum Gasteiger partial charge on any atom is -0.312 e. The Morgan fingerprint density at radius 1 is 1.12 bits per heavy atom. The fourth-order valence-corrected chi connectivity index (χ4v) is 5.08. The molecule has 8 heteroatoms. The summed E-state index contributed by atoms with van der Waals surface area (Å²) in [7, 11) is 0. The zero-order valence-electron chi connectivity index (χ0n) is 19.6. The van der Waals surface area contributed by atoms with Crippen LogP contribution in [0.3, 0.4) is 0 Å². The van der Waals surface area contributed by atoms with Gasteiger partial charge in [-0.1, -0.05) is 62.9 Å². The van der Waals surface area contributed by atoms with Gasteiger partial charge in [0.05, 0.1) is 12.2 Å². The van der Waals surface area contributed by atoms with E-state index in [9.17, 15) is 4.79 Å². The highest BCUT2D eigenvalue weighted by Crippen LogP contribution is 2.40. The van der Waals surface area contributed by atoms with Crippen LogP contribution in [0.4, 0.5) is 0 Å². The van der Waals surface area contributed by atoms with Crippen molar-refractivity contribution in [2.45, 2.75) is 70.8 Å². The molecule has 1 aromatic carbocycles. The lowest BCUT2D eigenvalue weighted by Crippen LogP contribution is -2.20. The fraction of sp³-hybridized carbons (Fsp3) is 0.423. The second kappa shape index (κ2) is 10.2. The normalized spacial score (nSPS) is 14.5. The number of unbranched alkanes of at least 4 members (excludes halogenated alkanes) is 1. The summed E-state index contributed by atoms with van der Waals surface area (Å²) in [5.74, 6) is 1.02. The molecule has 1 aliphatic rings. The van der Waals surface area contributed by atoms with Gasteiger partial charge >= 0.3 is 5.69 Å². The van der Waals surface area contributed by atoms with Crippen LogP contribution in [0, 0.1) is 0 Å². The van der Waals surface area contributed by atoms with Gasteiger partial charge in [0.15, 0.2) is 0 Å². The summed E-state index contributed by atoms with van der Waals surface area (Å²) in [6.07, 6.45) is 12.9. The third-order valence-electron chi connectivity index (χ3n) is 6.87. The van der Waals surface area contributed by atoms with Crippen LogP contribution in [0.5, 0.6) is 0 Å². The lowest BCUT2D eigenvalue weighted by Gasteiger charge is -2.25. The van der Waals surface area contributed by atoms with Crippen molar-refractivity contribution in [3.63, 3.8) is 0 Å². The first-order valence-electron chi connectivity index (χ1n) is 12.3. The number of hydrogen-bond acceptors (Lipinski definition) is 5. The van der Waals surface area contributed by atoms with Crippen LogP contribution in [0.1, 0.15) is 74.6 Å². The maximum atomic E-state index is 12.5. The van der Waals surface area contributed by atoms with Crippen molar-refractivity contribution in [3.8, 4) is 22.6 Å². The third-order valence-corrected chi connectivity index (χ3v) is 6.87. The summed E-state index contributed by atoms with van der Waals surface area (Å²) >= 11 is 0. The summed E-state index contributed by atoms with van der Waals surface area (Å²) in [6.45, 7) is 2.70. The Labute approximate surface area is 198 Å². The predicted octanol–water partition coefficient (Wildman–Crippen LogP) is 4.86. The topological polar surface area (TPSA) is 105 Å². The number of nitrogens with zero attached hydrogens (tertiary/aromatic N) is 5. The van der Waals surface area contributed by atoms with Gasteiger partial charge in [-0.25, -0.2) is 4.79 Å². The Bertz CT molecular complexity index is 1280. The number of rotatable bonds is 8. The molecule has 1 fully saturated rings. The average Bonchev–Trinajstić information content (AvgIpc) is 3.54. The van der Waals surface area contributed by atoms with Crippen LogP contribution in [-0.4, -0.2) is 35.2 Å². The molecule has 1 aliphatic carbocycles. The molecule has 0 atom stereocenters. The second-order valence-corrected chi connectivity index (χ2v) is 9.17. The molecule has 4 aromatic rings. The highest BCUT2D eigenvalue weighted by Gasteiger charge is 2.23. The van der Waals surface area contributed by atoms with Gasteiger partial charge in [0.25, 0.3) is 0 Å². The molecule has 5 rings (SSSR count). The Morgan fingerprint density at radius 2 is 1.94 bits per heavy atom. The van der Waals surface area contributed by atoms with E-state index < -0.39 is 0 Å². The van der Waals surface area contributed by atoms with E-state index in [-0.39, 0.29) is 5.69 Å². The van der Waals surface area contributed by atoms with E-state index in [1.165, 1.54) is 24.8 Å². The number of hydrogen-bond donors (Lipinski definition) is 2. The number of aromatic nitrogens is 7. The molecule has 0 bridgehead atoms. The van der Waals surface area contributed by atoms with Crippen molar-refractivity contribution in [2.75, 3.05) is 0 Å². The molecular formula is C26H31N7O. The van der Waals surface area contributed by atoms with Gasteiger partial charge in [0.2, 0.25) is 5.82 Å². The number of benzene rings is 1. The van der Waals surface area contributed by atoms with Gasteiger partial charge < -0.3 is 4.98 Å². The lowest BCUT2D eigenvalue weighted by molar-refractivity contribution is 0.443. The number of imidazole rings is 1. The van der Waals surface area contributed by atoms with E-state index in [1.807, 2.05) is 35.2 Å². The fourth-order valence-electron chi connectivity index (χ4n) is 5.08. The SMILES string of the molecule is CCCCc1c[nH]c(=O)n1Cc1cnc(-c2ccccc2-c2nn[nH]n2)c(C2CCCCC2)c1. The highest BCUT2D eigenvalue weighted by molar-refractivity contribution is 5.80. The second-order valence-electron chi connectivity index (χ2n) is 9.17. The van der Waals surface area contributed by atoms with E-state index in [0.29, 0.717) is 18.3 Å². The van der Waals surface area contributed by atoms with Gasteiger partial charge in [0, 0.05) is 29.2 Å². The summed E-state index contributed by atoms with van der Waals surface area (Å²) < 4.78 is 1.85. The van der Waals surface area contributed by atoms with Crippen molar-refractivity contribution in [2.24, 2.45) is 0 Å². The number of H-pyrrole nitrogens is 2. The van der Waals surface area contributed by atoms with Gasteiger partial charge in [-0.3, -0.25) is 9.55 Å². The van der Waals surface area contributed by atoms with Gasteiger partial charge in [-0.15, -0.1) is 10.2 Å². The molecule has 34 heavy (non-hydrogen) atoms. The molecule has 3 heterocycles. The van der Waals surface area contributed by atoms with Crippen LogP contribution >= 0.6 is 0 Å². The molecule has 0 amide bonds. The zero-order valence-corrected chi connectivity index (χ0v) is 19.6. The quantitative estimate of drug-likeness (QED) is 0.393. The monoisotopic (exact) mass is 457 g/mol. The van der Waals surface area contributed by atoms with Crippen LogP contribution in [-0.2, 0) is 13.0 Å². The molecule has 1 saturated carbocycles. The van der Waals surface area contributed by atoms with Crippen LogP contribution in [0.25, 0.3) is 22.6 Å². The predicted molar refractivity (Wildman–Crippen MR) is 131 cm³/mol. The smallest absolute Gasteiger partial charge is 0.312 e. The highest BCUT2D eigenvalue weighted by atomic mass is 16.1. The van der Waals surface area contributed by atoms with Gasteiger partial charge in [-0.05, 0) is 47.9 Å². The molecule has 0 saturated heterocycles. The number of aryl methyl sites for hydroxylation is 1. The van der Waals surface area contributed by atoms with Crippen LogP contribution in [0.2, 0.25) is 0 Å². The Balaban J connectivity index is 1.56. The summed E-state index contributed by atoms with van der Waals surface area (Å²) in [4.78, 5) is 20.4. The lowest BCUT2D eigenvalue weighted by atomic mass is 9.81. The Morgan fingerprint density at radius 3 is 2.71 bits per heavy atom. The molecule has 176 valence electrons.